The van der Waals surface area contributed by atoms with Crippen LogP contribution in [0.4, 0.5) is 5.69 Å². The normalized spacial score (nSPS) is 9.91. The van der Waals surface area contributed by atoms with Gasteiger partial charge in [-0.05, 0) is 31.2 Å². The average Bonchev–Trinajstić information content (AvgIpc) is 2.53. The van der Waals surface area contributed by atoms with Crippen LogP contribution < -0.4 is 9.80 Å². The second-order valence-electron chi connectivity index (χ2n) is 4.53. The molecule has 2 aromatic carbocycles. The Morgan fingerprint density at radius 2 is 1.77 bits per heavy atom. The molecule has 0 fully saturated rings. The summed E-state index contributed by atoms with van der Waals surface area (Å²) in [7, 11) is 0. The molecule has 0 unspecified atom stereocenters. The van der Waals surface area contributed by atoms with Crippen molar-refractivity contribution in [1.82, 2.24) is 0 Å². The summed E-state index contributed by atoms with van der Waals surface area (Å²) >= 11 is 0. The van der Waals surface area contributed by atoms with Crippen molar-refractivity contribution in [2.24, 2.45) is 0 Å². The summed E-state index contributed by atoms with van der Waals surface area (Å²) in [5, 5.41) is 1.45. The highest BCUT2D eigenvalue weighted by atomic mass is 16.7. The summed E-state index contributed by atoms with van der Waals surface area (Å²) in [4.78, 5) is 28.5. The van der Waals surface area contributed by atoms with Crippen molar-refractivity contribution in [2.45, 2.75) is 13.8 Å². The summed E-state index contributed by atoms with van der Waals surface area (Å²) in [6.07, 6.45) is 0. The van der Waals surface area contributed by atoms with Crippen LogP contribution in [0.25, 0.3) is 0 Å². The van der Waals surface area contributed by atoms with Gasteiger partial charge in [0.05, 0.1) is 17.8 Å². The number of hydroxylamine groups is 1. The number of esters is 1. The first kappa shape index (κ1) is 15.6. The largest absolute Gasteiger partial charge is 0.427 e. The number of benzene rings is 2. The fourth-order valence-corrected chi connectivity index (χ4v) is 1.89. The van der Waals surface area contributed by atoms with Gasteiger partial charge in [0.25, 0.3) is 0 Å². The minimum absolute atomic E-state index is 0.401. The number of anilines is 1. The minimum Gasteiger partial charge on any atom is -0.427 e. The monoisotopic (exact) mass is 299 g/mol. The van der Waals surface area contributed by atoms with E-state index in [1.54, 1.807) is 48.5 Å². The van der Waals surface area contributed by atoms with Crippen molar-refractivity contribution in [3.05, 3.63) is 60.2 Å². The lowest BCUT2D eigenvalue weighted by Crippen LogP contribution is -2.27. The third kappa shape index (κ3) is 4.09. The van der Waals surface area contributed by atoms with Crippen LogP contribution in [0.2, 0.25) is 0 Å². The van der Waals surface area contributed by atoms with E-state index in [4.69, 9.17) is 9.57 Å². The van der Waals surface area contributed by atoms with E-state index in [1.165, 1.54) is 12.0 Å². The molecular weight excluding hydrogens is 282 g/mol. The summed E-state index contributed by atoms with van der Waals surface area (Å²) in [6.45, 7) is 3.65. The van der Waals surface area contributed by atoms with Crippen LogP contribution in [0.5, 0.6) is 5.75 Å². The standard InChI is InChI=1S/C17H17NO4/c1-3-18(22-17(20)14-8-5-4-6-9-14)15-10-7-11-16(12-15)21-13(2)19/h4-12H,3H2,1-2H3. The van der Waals surface area contributed by atoms with Gasteiger partial charge in [-0.2, -0.15) is 0 Å². The molecule has 0 aliphatic rings. The van der Waals surface area contributed by atoms with Crippen molar-refractivity contribution in [1.29, 1.82) is 0 Å². The zero-order valence-corrected chi connectivity index (χ0v) is 12.5. The molecule has 0 bridgehead atoms. The fraction of sp³-hybridized carbons (Fsp3) is 0.176. The molecule has 0 radical (unpaired) electrons. The number of nitrogens with zero attached hydrogens (tertiary/aromatic N) is 1. The van der Waals surface area contributed by atoms with E-state index in [0.717, 1.165) is 0 Å². The van der Waals surface area contributed by atoms with Gasteiger partial charge in [0, 0.05) is 13.0 Å². The fourth-order valence-electron chi connectivity index (χ4n) is 1.89. The number of carbonyl (C=O) groups excluding carboxylic acids is 2. The van der Waals surface area contributed by atoms with Crippen LogP contribution >= 0.6 is 0 Å². The maximum absolute atomic E-state index is 12.1. The first-order chi connectivity index (χ1) is 10.6. The van der Waals surface area contributed by atoms with E-state index in [1.807, 2.05) is 13.0 Å². The van der Waals surface area contributed by atoms with Crippen molar-refractivity contribution in [3.63, 3.8) is 0 Å². The van der Waals surface area contributed by atoms with Crippen molar-refractivity contribution in [3.8, 4) is 5.75 Å². The Hall–Kier alpha value is -2.82. The van der Waals surface area contributed by atoms with E-state index in [0.29, 0.717) is 23.5 Å². The topological polar surface area (TPSA) is 55.8 Å². The molecule has 0 spiro atoms. The molecular formula is C17H17NO4. The van der Waals surface area contributed by atoms with E-state index >= 15 is 0 Å². The Bertz CT molecular complexity index is 655. The zero-order valence-electron chi connectivity index (χ0n) is 12.5. The molecule has 5 heteroatoms. The van der Waals surface area contributed by atoms with E-state index in [-0.39, 0.29) is 0 Å². The summed E-state index contributed by atoms with van der Waals surface area (Å²) < 4.78 is 5.03. The first-order valence-electron chi connectivity index (χ1n) is 6.93. The molecule has 0 N–H and O–H groups in total. The molecule has 0 aliphatic carbocycles. The highest BCUT2D eigenvalue weighted by Gasteiger charge is 2.14. The lowest BCUT2D eigenvalue weighted by Gasteiger charge is -2.21. The van der Waals surface area contributed by atoms with Gasteiger partial charge in [-0.25, -0.2) is 9.86 Å². The number of ether oxygens (including phenoxy) is 1. The highest BCUT2D eigenvalue weighted by molar-refractivity contribution is 5.89. The number of rotatable bonds is 5. The summed E-state index contributed by atoms with van der Waals surface area (Å²) in [5.41, 5.74) is 1.10. The molecule has 0 heterocycles. The Morgan fingerprint density at radius 1 is 1.05 bits per heavy atom. The maximum atomic E-state index is 12.1. The van der Waals surface area contributed by atoms with Crippen molar-refractivity contribution < 1.29 is 19.2 Å². The van der Waals surface area contributed by atoms with Crippen LogP contribution in [0.3, 0.4) is 0 Å². The molecule has 114 valence electrons. The van der Waals surface area contributed by atoms with E-state index in [2.05, 4.69) is 0 Å². The summed E-state index contributed by atoms with van der Waals surface area (Å²) in [5.74, 6) is -0.443. The molecule has 0 aliphatic heterocycles. The third-order valence-corrected chi connectivity index (χ3v) is 2.86. The van der Waals surface area contributed by atoms with Crippen LogP contribution in [0.1, 0.15) is 24.2 Å². The Kier molecular flexibility index (Phi) is 5.14. The van der Waals surface area contributed by atoms with E-state index < -0.39 is 11.9 Å². The number of hydrogen-bond donors (Lipinski definition) is 0. The van der Waals surface area contributed by atoms with Gasteiger partial charge in [-0.3, -0.25) is 4.79 Å². The smallest absolute Gasteiger partial charge is 0.363 e. The number of hydrogen-bond acceptors (Lipinski definition) is 5. The van der Waals surface area contributed by atoms with E-state index in [9.17, 15) is 9.59 Å². The van der Waals surface area contributed by atoms with Crippen molar-refractivity contribution in [2.75, 3.05) is 11.6 Å². The summed E-state index contributed by atoms with van der Waals surface area (Å²) in [6, 6.07) is 15.6. The molecule has 2 rings (SSSR count). The van der Waals surface area contributed by atoms with Crippen LogP contribution in [-0.4, -0.2) is 18.5 Å². The van der Waals surface area contributed by atoms with Gasteiger partial charge in [0.2, 0.25) is 0 Å². The molecule has 2 aromatic rings. The zero-order chi connectivity index (χ0) is 15.9. The highest BCUT2D eigenvalue weighted by Crippen LogP contribution is 2.22. The van der Waals surface area contributed by atoms with Crippen LogP contribution in [-0.2, 0) is 9.63 Å². The second kappa shape index (κ2) is 7.26. The molecule has 0 aromatic heterocycles. The Labute approximate surface area is 129 Å². The maximum Gasteiger partial charge on any atom is 0.363 e. The van der Waals surface area contributed by atoms with Crippen LogP contribution in [0.15, 0.2) is 54.6 Å². The van der Waals surface area contributed by atoms with Gasteiger partial charge >= 0.3 is 11.9 Å². The van der Waals surface area contributed by atoms with Crippen LogP contribution in [0, 0.1) is 0 Å². The number of carbonyl (C=O) groups is 2. The van der Waals surface area contributed by atoms with Gasteiger partial charge in [0.15, 0.2) is 0 Å². The molecule has 0 saturated heterocycles. The van der Waals surface area contributed by atoms with Crippen molar-refractivity contribution >= 4 is 17.6 Å². The molecule has 5 nitrogen and oxygen atoms in total. The minimum atomic E-state index is -0.444. The molecule has 0 amide bonds. The third-order valence-electron chi connectivity index (χ3n) is 2.86. The predicted octanol–water partition coefficient (Wildman–Crippen LogP) is 3.21. The van der Waals surface area contributed by atoms with Gasteiger partial charge in [-0.1, -0.05) is 24.3 Å². The lowest BCUT2D eigenvalue weighted by atomic mass is 10.2. The quantitative estimate of drug-likeness (QED) is 0.482. The SMILES string of the molecule is CCN(OC(=O)c1ccccc1)c1cccc(OC(C)=O)c1. The first-order valence-corrected chi connectivity index (χ1v) is 6.93. The predicted molar refractivity (Wildman–Crippen MR) is 82.6 cm³/mol. The lowest BCUT2D eigenvalue weighted by molar-refractivity contribution is -0.131. The Morgan fingerprint density at radius 3 is 2.41 bits per heavy atom. The second-order valence-corrected chi connectivity index (χ2v) is 4.53. The molecule has 0 saturated carbocycles. The van der Waals surface area contributed by atoms with Gasteiger partial charge in [0.1, 0.15) is 5.75 Å². The Balaban J connectivity index is 2.14. The molecule has 0 atom stereocenters. The average molecular weight is 299 g/mol. The molecule has 22 heavy (non-hydrogen) atoms. The van der Waals surface area contributed by atoms with Gasteiger partial charge in [-0.15, -0.1) is 0 Å². The van der Waals surface area contributed by atoms with Gasteiger partial charge < -0.3 is 9.57 Å².